The van der Waals surface area contributed by atoms with E-state index in [-0.39, 0.29) is 5.91 Å². The van der Waals surface area contributed by atoms with Crippen molar-refractivity contribution in [1.82, 2.24) is 14.9 Å². The SMILES string of the molecule is CC(=O)N(C)c1ccc(Nc2nc(CN(C)C)nc3scc(-c4ccccc4)c23)cc1. The number of hydrogen-bond donors (Lipinski definition) is 1. The van der Waals surface area contributed by atoms with Gasteiger partial charge >= 0.3 is 0 Å². The van der Waals surface area contributed by atoms with Crippen molar-refractivity contribution in [3.63, 3.8) is 0 Å². The molecule has 4 rings (SSSR count). The summed E-state index contributed by atoms with van der Waals surface area (Å²) in [6.45, 7) is 2.21. The molecule has 0 atom stereocenters. The van der Waals surface area contributed by atoms with Gasteiger partial charge in [0.05, 0.1) is 11.9 Å². The summed E-state index contributed by atoms with van der Waals surface area (Å²) in [5.41, 5.74) is 4.01. The van der Waals surface area contributed by atoms with Crippen LogP contribution in [-0.2, 0) is 11.3 Å². The predicted molar refractivity (Wildman–Crippen MR) is 129 cm³/mol. The fourth-order valence-electron chi connectivity index (χ4n) is 3.35. The van der Waals surface area contributed by atoms with Crippen LogP contribution in [-0.4, -0.2) is 41.9 Å². The van der Waals surface area contributed by atoms with Gasteiger partial charge in [0, 0.05) is 36.3 Å². The topological polar surface area (TPSA) is 61.4 Å². The first-order chi connectivity index (χ1) is 14.9. The first-order valence-corrected chi connectivity index (χ1v) is 10.9. The summed E-state index contributed by atoms with van der Waals surface area (Å²) < 4.78 is 0. The molecule has 0 fully saturated rings. The third kappa shape index (κ3) is 4.57. The zero-order valence-electron chi connectivity index (χ0n) is 18.1. The summed E-state index contributed by atoms with van der Waals surface area (Å²) in [4.78, 5) is 25.9. The lowest BCUT2D eigenvalue weighted by atomic mass is 10.1. The quantitative estimate of drug-likeness (QED) is 0.458. The number of fused-ring (bicyclic) bond motifs is 1. The summed E-state index contributed by atoms with van der Waals surface area (Å²) in [7, 11) is 5.78. The molecule has 2 aromatic heterocycles. The van der Waals surface area contributed by atoms with E-state index >= 15 is 0 Å². The molecule has 0 saturated carbocycles. The zero-order valence-corrected chi connectivity index (χ0v) is 18.9. The van der Waals surface area contributed by atoms with Gasteiger partial charge in [-0.2, -0.15) is 0 Å². The van der Waals surface area contributed by atoms with E-state index < -0.39 is 0 Å². The van der Waals surface area contributed by atoms with Crippen molar-refractivity contribution in [3.8, 4) is 11.1 Å². The molecule has 31 heavy (non-hydrogen) atoms. The Kier molecular flexibility index (Phi) is 5.97. The smallest absolute Gasteiger partial charge is 0.223 e. The second kappa shape index (κ2) is 8.83. The van der Waals surface area contributed by atoms with Gasteiger partial charge < -0.3 is 15.1 Å². The number of aromatic nitrogens is 2. The van der Waals surface area contributed by atoms with Crippen LogP contribution in [0.1, 0.15) is 12.7 Å². The molecule has 0 saturated heterocycles. The highest BCUT2D eigenvalue weighted by Crippen LogP contribution is 2.38. The van der Waals surface area contributed by atoms with Crippen molar-refractivity contribution in [2.24, 2.45) is 0 Å². The van der Waals surface area contributed by atoms with Crippen LogP contribution in [0.5, 0.6) is 0 Å². The maximum Gasteiger partial charge on any atom is 0.223 e. The molecule has 0 aliphatic rings. The number of carbonyl (C=O) groups excluding carboxylic acids is 1. The van der Waals surface area contributed by atoms with Gasteiger partial charge in [0.2, 0.25) is 5.91 Å². The Morgan fingerprint density at radius 1 is 1.00 bits per heavy atom. The second-order valence-electron chi connectivity index (χ2n) is 7.67. The average Bonchev–Trinajstić information content (AvgIpc) is 3.18. The van der Waals surface area contributed by atoms with Crippen LogP contribution in [0, 0.1) is 0 Å². The summed E-state index contributed by atoms with van der Waals surface area (Å²) in [6.07, 6.45) is 0. The number of nitrogens with zero attached hydrogens (tertiary/aromatic N) is 4. The minimum atomic E-state index is -0.00248. The van der Waals surface area contributed by atoms with Gasteiger partial charge in [-0.25, -0.2) is 9.97 Å². The van der Waals surface area contributed by atoms with Crippen LogP contribution in [0.4, 0.5) is 17.2 Å². The molecule has 4 aromatic rings. The molecule has 2 heterocycles. The molecular weight excluding hydrogens is 406 g/mol. The number of amides is 1. The number of benzene rings is 2. The van der Waals surface area contributed by atoms with E-state index in [9.17, 15) is 4.79 Å². The molecule has 6 nitrogen and oxygen atoms in total. The zero-order chi connectivity index (χ0) is 22.0. The molecule has 158 valence electrons. The highest BCUT2D eigenvalue weighted by molar-refractivity contribution is 7.17. The normalized spacial score (nSPS) is 11.1. The molecular formula is C24H25N5OS. The fourth-order valence-corrected chi connectivity index (χ4v) is 4.31. The highest BCUT2D eigenvalue weighted by atomic mass is 32.1. The molecule has 0 unspecified atom stereocenters. The fraction of sp³-hybridized carbons (Fsp3) is 0.208. The lowest BCUT2D eigenvalue weighted by Crippen LogP contribution is -2.22. The number of nitrogens with one attached hydrogen (secondary N) is 1. The first kappa shape index (κ1) is 21.0. The van der Waals surface area contributed by atoms with Gasteiger partial charge in [-0.3, -0.25) is 4.79 Å². The first-order valence-electron chi connectivity index (χ1n) is 10.0. The van der Waals surface area contributed by atoms with Crippen LogP contribution in [0.25, 0.3) is 21.3 Å². The number of carbonyl (C=O) groups is 1. The summed E-state index contributed by atoms with van der Waals surface area (Å²) >= 11 is 1.63. The second-order valence-corrected chi connectivity index (χ2v) is 8.53. The Bertz CT molecular complexity index is 1200. The lowest BCUT2D eigenvalue weighted by molar-refractivity contribution is -0.116. The van der Waals surface area contributed by atoms with Crippen molar-refractivity contribution >= 4 is 44.7 Å². The summed E-state index contributed by atoms with van der Waals surface area (Å²) in [5.74, 6) is 1.56. The molecule has 1 N–H and O–H groups in total. The van der Waals surface area contributed by atoms with E-state index in [0.29, 0.717) is 6.54 Å². The standard InChI is InChI=1S/C24H25N5OS/c1-16(30)29(4)19-12-10-18(11-13-19)25-23-22-20(17-8-6-5-7-9-17)15-31-24(22)27-21(26-23)14-28(2)3/h5-13,15H,14H2,1-4H3,(H,25,26,27). The number of anilines is 3. The van der Waals surface area contributed by atoms with E-state index in [1.54, 1.807) is 30.2 Å². The Morgan fingerprint density at radius 3 is 2.35 bits per heavy atom. The third-order valence-electron chi connectivity index (χ3n) is 5.01. The molecule has 0 radical (unpaired) electrons. The van der Waals surface area contributed by atoms with Crippen molar-refractivity contribution in [3.05, 3.63) is 65.8 Å². The Morgan fingerprint density at radius 2 is 1.71 bits per heavy atom. The van der Waals surface area contributed by atoms with Crippen LogP contribution in [0.3, 0.4) is 0 Å². The number of thiophene rings is 1. The van der Waals surface area contributed by atoms with Crippen LogP contribution >= 0.6 is 11.3 Å². The summed E-state index contributed by atoms with van der Waals surface area (Å²) in [5, 5.41) is 6.65. The van der Waals surface area contributed by atoms with Crippen molar-refractivity contribution in [1.29, 1.82) is 0 Å². The molecule has 0 spiro atoms. The van der Waals surface area contributed by atoms with E-state index in [0.717, 1.165) is 44.4 Å². The van der Waals surface area contributed by atoms with Gasteiger partial charge in [-0.15, -0.1) is 11.3 Å². The average molecular weight is 432 g/mol. The highest BCUT2D eigenvalue weighted by Gasteiger charge is 2.16. The van der Waals surface area contributed by atoms with Crippen LogP contribution in [0.15, 0.2) is 60.0 Å². The molecule has 2 aromatic carbocycles. The minimum absolute atomic E-state index is 0.00248. The minimum Gasteiger partial charge on any atom is -0.340 e. The van der Waals surface area contributed by atoms with Gasteiger partial charge in [0.25, 0.3) is 0 Å². The summed E-state index contributed by atoms with van der Waals surface area (Å²) in [6, 6.07) is 18.1. The Hall–Kier alpha value is -3.29. The van der Waals surface area contributed by atoms with Crippen molar-refractivity contribution in [2.75, 3.05) is 31.4 Å². The monoisotopic (exact) mass is 431 g/mol. The van der Waals surface area contributed by atoms with Crippen LogP contribution < -0.4 is 10.2 Å². The lowest BCUT2D eigenvalue weighted by Gasteiger charge is -2.16. The van der Waals surface area contributed by atoms with Gasteiger partial charge in [0.1, 0.15) is 16.5 Å². The number of hydrogen-bond acceptors (Lipinski definition) is 6. The van der Waals surface area contributed by atoms with Gasteiger partial charge in [0.15, 0.2) is 0 Å². The van der Waals surface area contributed by atoms with Crippen molar-refractivity contribution in [2.45, 2.75) is 13.5 Å². The van der Waals surface area contributed by atoms with E-state index in [1.165, 1.54) is 0 Å². The van der Waals surface area contributed by atoms with Gasteiger partial charge in [-0.05, 0) is 43.9 Å². The molecule has 0 aliphatic heterocycles. The maximum atomic E-state index is 11.6. The number of rotatable bonds is 6. The Labute approximate surface area is 186 Å². The van der Waals surface area contributed by atoms with Crippen molar-refractivity contribution < 1.29 is 4.79 Å². The Balaban J connectivity index is 1.77. The van der Waals surface area contributed by atoms with Gasteiger partial charge in [-0.1, -0.05) is 30.3 Å². The van der Waals surface area contributed by atoms with Crippen LogP contribution in [0.2, 0.25) is 0 Å². The van der Waals surface area contributed by atoms with E-state index in [2.05, 4.69) is 27.7 Å². The van der Waals surface area contributed by atoms with E-state index in [1.807, 2.05) is 56.6 Å². The molecule has 0 aliphatic carbocycles. The largest absolute Gasteiger partial charge is 0.340 e. The predicted octanol–water partition coefficient (Wildman–Crippen LogP) is 5.15. The van der Waals surface area contributed by atoms with E-state index in [4.69, 9.17) is 9.97 Å². The maximum absolute atomic E-state index is 11.6. The molecule has 7 heteroatoms. The molecule has 1 amide bonds. The third-order valence-corrected chi connectivity index (χ3v) is 5.88. The molecule has 0 bridgehead atoms.